The lowest BCUT2D eigenvalue weighted by atomic mass is 10.0. The van der Waals surface area contributed by atoms with E-state index in [4.69, 9.17) is 4.74 Å². The molecule has 2 aromatic rings. The van der Waals surface area contributed by atoms with Crippen LogP contribution < -0.4 is 21.2 Å². The number of anilines is 1. The monoisotopic (exact) mass is 431 g/mol. The minimum absolute atomic E-state index is 0.0501. The second kappa shape index (κ2) is 7.76. The lowest BCUT2D eigenvalue weighted by molar-refractivity contribution is -0.135. The molecule has 0 aliphatic carbocycles. The van der Waals surface area contributed by atoms with Crippen LogP contribution in [0.25, 0.3) is 11.0 Å². The van der Waals surface area contributed by atoms with Gasteiger partial charge in [0.15, 0.2) is 0 Å². The molecule has 31 heavy (non-hydrogen) atoms. The number of nitrogens with one attached hydrogen (secondary N) is 2. The lowest BCUT2D eigenvalue weighted by Crippen LogP contribution is -2.56. The minimum atomic E-state index is -0.991. The molecule has 0 radical (unpaired) electrons. The summed E-state index contributed by atoms with van der Waals surface area (Å²) in [7, 11) is 1.69. The number of imidazole rings is 1. The van der Waals surface area contributed by atoms with Crippen molar-refractivity contribution in [2.75, 3.05) is 31.1 Å². The van der Waals surface area contributed by atoms with Crippen molar-refractivity contribution in [1.29, 1.82) is 0 Å². The number of alkyl halides is 1. The summed E-state index contributed by atoms with van der Waals surface area (Å²) in [4.78, 5) is 39.0. The number of ether oxygens (including phenoxy) is 1. The molecule has 4 heterocycles. The topological polar surface area (TPSA) is 97.6 Å². The van der Waals surface area contributed by atoms with Crippen LogP contribution in [-0.2, 0) is 21.4 Å². The van der Waals surface area contributed by atoms with Crippen LogP contribution in [0.2, 0.25) is 0 Å². The van der Waals surface area contributed by atoms with E-state index in [9.17, 15) is 18.8 Å². The van der Waals surface area contributed by atoms with Crippen molar-refractivity contribution in [3.05, 3.63) is 28.7 Å². The second-order valence-corrected chi connectivity index (χ2v) is 8.53. The van der Waals surface area contributed by atoms with Gasteiger partial charge in [0.1, 0.15) is 12.2 Å². The van der Waals surface area contributed by atoms with Crippen molar-refractivity contribution in [3.63, 3.8) is 0 Å². The summed E-state index contributed by atoms with van der Waals surface area (Å²) in [5.74, 6) is -0.762. The molecule has 3 saturated heterocycles. The van der Waals surface area contributed by atoms with Gasteiger partial charge in [-0.25, -0.2) is 9.18 Å². The van der Waals surface area contributed by atoms with Crippen LogP contribution in [0.15, 0.2) is 23.0 Å². The number of para-hydroxylation sites is 1. The quantitative estimate of drug-likeness (QED) is 0.673. The zero-order valence-electron chi connectivity index (χ0n) is 17.3. The van der Waals surface area contributed by atoms with Crippen molar-refractivity contribution in [1.82, 2.24) is 19.8 Å². The molecule has 9 nitrogen and oxygen atoms in total. The lowest BCUT2D eigenvalue weighted by Gasteiger charge is -2.43. The molecular formula is C21H26FN5O4. The highest BCUT2D eigenvalue weighted by atomic mass is 19.1. The van der Waals surface area contributed by atoms with Crippen LogP contribution in [0.1, 0.15) is 25.3 Å². The molecule has 5 rings (SSSR count). The van der Waals surface area contributed by atoms with Gasteiger partial charge in [-0.15, -0.1) is 0 Å². The molecule has 3 aliphatic heterocycles. The highest BCUT2D eigenvalue weighted by Crippen LogP contribution is 2.33. The molecule has 0 saturated carbocycles. The number of imide groups is 1. The van der Waals surface area contributed by atoms with E-state index in [2.05, 4.69) is 15.5 Å². The fourth-order valence-electron chi connectivity index (χ4n) is 4.82. The number of hydrogen-bond donors (Lipinski definition) is 2. The number of carbonyl (C=O) groups excluding carboxylic acids is 2. The first-order valence-electron chi connectivity index (χ1n) is 10.7. The SMILES string of the molecule is Cn1c(=O)n(C2CCC(=O)NC2=O)c2cccc(N3CC(O[C@H]4CCNC[C@@H]4F)C3)c21. The summed E-state index contributed by atoms with van der Waals surface area (Å²) in [6.45, 7) is 2.33. The predicted molar refractivity (Wildman–Crippen MR) is 112 cm³/mol. The Kier molecular flexibility index (Phi) is 5.05. The van der Waals surface area contributed by atoms with Gasteiger partial charge in [-0.3, -0.25) is 24.0 Å². The third kappa shape index (κ3) is 3.43. The number of aryl methyl sites for hydroxylation is 1. The van der Waals surface area contributed by atoms with Crippen LogP contribution in [0.5, 0.6) is 0 Å². The van der Waals surface area contributed by atoms with Gasteiger partial charge in [-0.2, -0.15) is 0 Å². The number of benzene rings is 1. The molecule has 0 bridgehead atoms. The van der Waals surface area contributed by atoms with Gasteiger partial charge >= 0.3 is 5.69 Å². The average molecular weight is 431 g/mol. The zero-order chi connectivity index (χ0) is 21.7. The van der Waals surface area contributed by atoms with E-state index in [1.54, 1.807) is 11.6 Å². The van der Waals surface area contributed by atoms with Gasteiger partial charge in [0, 0.05) is 33.1 Å². The standard InChI is InChI=1S/C21H26FN5O4/c1-25-19-14(26-10-12(11-26)31-17-7-8-23-9-13(17)22)3-2-4-15(19)27(21(25)30)16-5-6-18(28)24-20(16)29/h2-4,12-13,16-17,23H,5-11H2,1H3,(H,24,28,29)/t13-,16?,17-/m0/s1. The molecule has 10 heteroatoms. The third-order valence-electron chi connectivity index (χ3n) is 6.51. The van der Waals surface area contributed by atoms with Gasteiger partial charge in [0.25, 0.3) is 0 Å². The maximum atomic E-state index is 14.0. The summed E-state index contributed by atoms with van der Waals surface area (Å²) in [5, 5.41) is 5.36. The summed E-state index contributed by atoms with van der Waals surface area (Å²) in [5.41, 5.74) is 1.98. The fourth-order valence-corrected chi connectivity index (χ4v) is 4.82. The Labute approximate surface area is 178 Å². The van der Waals surface area contributed by atoms with Crippen LogP contribution in [-0.4, -0.2) is 65.5 Å². The van der Waals surface area contributed by atoms with E-state index in [-0.39, 0.29) is 30.2 Å². The molecule has 0 spiro atoms. The fraction of sp³-hybridized carbons (Fsp3) is 0.571. The first kappa shape index (κ1) is 20.2. The maximum absolute atomic E-state index is 14.0. The Morgan fingerprint density at radius 2 is 1.97 bits per heavy atom. The minimum Gasteiger partial charge on any atom is -0.368 e. The van der Waals surface area contributed by atoms with Gasteiger partial charge in [0.05, 0.1) is 28.9 Å². The average Bonchev–Trinajstić information content (AvgIpc) is 2.97. The van der Waals surface area contributed by atoms with E-state index in [0.29, 0.717) is 38.0 Å². The first-order chi connectivity index (χ1) is 14.9. The number of fused-ring (bicyclic) bond motifs is 1. The Morgan fingerprint density at radius 3 is 2.71 bits per heavy atom. The van der Waals surface area contributed by atoms with Gasteiger partial charge in [0.2, 0.25) is 11.8 Å². The number of halogens is 1. The van der Waals surface area contributed by atoms with Gasteiger partial charge in [-0.05, 0) is 31.5 Å². The van der Waals surface area contributed by atoms with Crippen molar-refractivity contribution in [2.24, 2.45) is 7.05 Å². The normalized spacial score (nSPS) is 27.4. The Bertz CT molecular complexity index is 1090. The van der Waals surface area contributed by atoms with Crippen molar-refractivity contribution >= 4 is 28.5 Å². The summed E-state index contributed by atoms with van der Waals surface area (Å²) in [6, 6.07) is 4.91. The number of piperidine rings is 2. The highest BCUT2D eigenvalue weighted by molar-refractivity contribution is 6.00. The van der Waals surface area contributed by atoms with E-state index >= 15 is 0 Å². The summed E-state index contributed by atoms with van der Waals surface area (Å²) < 4.78 is 23.0. The van der Waals surface area contributed by atoms with E-state index < -0.39 is 18.1 Å². The highest BCUT2D eigenvalue weighted by Gasteiger charge is 2.36. The number of nitrogens with zero attached hydrogens (tertiary/aromatic N) is 3. The molecule has 1 unspecified atom stereocenters. The number of hydrogen-bond acceptors (Lipinski definition) is 6. The van der Waals surface area contributed by atoms with E-state index in [1.165, 1.54) is 4.57 Å². The molecular weight excluding hydrogens is 405 g/mol. The van der Waals surface area contributed by atoms with Crippen LogP contribution in [0.3, 0.4) is 0 Å². The Hall–Kier alpha value is -2.72. The van der Waals surface area contributed by atoms with Crippen molar-refractivity contribution < 1.29 is 18.7 Å². The smallest absolute Gasteiger partial charge is 0.329 e. The zero-order valence-corrected chi connectivity index (χ0v) is 17.3. The van der Waals surface area contributed by atoms with Crippen molar-refractivity contribution in [3.8, 4) is 0 Å². The number of carbonyl (C=O) groups is 2. The molecule has 1 aromatic carbocycles. The van der Waals surface area contributed by atoms with Crippen LogP contribution >= 0.6 is 0 Å². The maximum Gasteiger partial charge on any atom is 0.329 e. The molecule has 1 aromatic heterocycles. The summed E-state index contributed by atoms with van der Waals surface area (Å²) in [6.07, 6.45) is -0.247. The number of amides is 2. The van der Waals surface area contributed by atoms with Gasteiger partial charge < -0.3 is 15.0 Å². The molecule has 2 N–H and O–H groups in total. The van der Waals surface area contributed by atoms with Crippen LogP contribution in [0.4, 0.5) is 10.1 Å². The van der Waals surface area contributed by atoms with Gasteiger partial charge in [-0.1, -0.05) is 6.07 Å². The largest absolute Gasteiger partial charge is 0.368 e. The second-order valence-electron chi connectivity index (χ2n) is 8.53. The van der Waals surface area contributed by atoms with E-state index in [1.807, 2.05) is 18.2 Å². The molecule has 3 fully saturated rings. The van der Waals surface area contributed by atoms with Crippen LogP contribution in [0, 0.1) is 0 Å². The van der Waals surface area contributed by atoms with Crippen molar-refractivity contribution in [2.45, 2.75) is 43.7 Å². The third-order valence-corrected chi connectivity index (χ3v) is 6.51. The predicted octanol–water partition coefficient (Wildman–Crippen LogP) is 0.223. The Morgan fingerprint density at radius 1 is 1.16 bits per heavy atom. The molecule has 166 valence electrons. The number of rotatable bonds is 4. The summed E-state index contributed by atoms with van der Waals surface area (Å²) >= 11 is 0. The first-order valence-corrected chi connectivity index (χ1v) is 10.7. The number of aromatic nitrogens is 2. The molecule has 2 amide bonds. The molecule has 3 aliphatic rings. The Balaban J connectivity index is 1.39. The van der Waals surface area contributed by atoms with E-state index in [0.717, 1.165) is 17.7 Å². The molecule has 3 atom stereocenters.